The lowest BCUT2D eigenvalue weighted by Gasteiger charge is -2.21. The average molecular weight is 355 g/mol. The summed E-state index contributed by atoms with van der Waals surface area (Å²) in [6.45, 7) is 10.5. The number of nitrogens with one attached hydrogen (secondary N) is 2. The molecule has 1 aliphatic rings. The Morgan fingerprint density at radius 3 is 3.00 bits per heavy atom. The van der Waals surface area contributed by atoms with Crippen LogP contribution in [0.4, 0.5) is 0 Å². The summed E-state index contributed by atoms with van der Waals surface area (Å²) >= 11 is 0. The molecule has 0 saturated carbocycles. The van der Waals surface area contributed by atoms with Gasteiger partial charge in [0, 0.05) is 25.2 Å². The Balaban J connectivity index is 2.07. The number of amides is 1. The first-order valence-corrected chi connectivity index (χ1v) is 9.13. The zero-order valence-corrected chi connectivity index (χ0v) is 15.9. The third-order valence-corrected chi connectivity index (χ3v) is 4.66. The van der Waals surface area contributed by atoms with Crippen molar-refractivity contribution in [1.82, 2.24) is 15.6 Å². The number of nitrogens with zero attached hydrogens (tertiary/aromatic N) is 1. The molecule has 5 nitrogen and oxygen atoms in total. The van der Waals surface area contributed by atoms with Crippen LogP contribution in [0.3, 0.4) is 0 Å². The number of hydrogen-bond donors (Lipinski definition) is 3. The van der Waals surface area contributed by atoms with Gasteiger partial charge < -0.3 is 15.7 Å². The van der Waals surface area contributed by atoms with Crippen LogP contribution < -0.4 is 21.2 Å². The monoisotopic (exact) mass is 355 g/mol. The number of carbonyl (C=O) groups is 1. The summed E-state index contributed by atoms with van der Waals surface area (Å²) in [4.78, 5) is 16.7. The van der Waals surface area contributed by atoms with Crippen molar-refractivity contribution >= 4 is 17.6 Å². The molecule has 5 heteroatoms. The predicted molar refractivity (Wildman–Crippen MR) is 106 cm³/mol. The highest BCUT2D eigenvalue weighted by molar-refractivity contribution is 5.79. The molecule has 1 aromatic heterocycles. The molecule has 0 fully saturated rings. The van der Waals surface area contributed by atoms with Gasteiger partial charge in [-0.25, -0.2) is 0 Å². The molecule has 1 heterocycles. The molecule has 0 radical (unpaired) electrons. The summed E-state index contributed by atoms with van der Waals surface area (Å²) < 4.78 is 0. The van der Waals surface area contributed by atoms with Gasteiger partial charge in [-0.3, -0.25) is 9.78 Å². The van der Waals surface area contributed by atoms with Gasteiger partial charge in [0.25, 0.3) is 0 Å². The number of aliphatic hydroxyl groups excluding tert-OH is 1. The fourth-order valence-electron chi connectivity index (χ4n) is 2.85. The maximum Gasteiger partial charge on any atom is 0.224 e. The van der Waals surface area contributed by atoms with E-state index in [1.54, 1.807) is 6.08 Å². The number of pyridine rings is 1. The summed E-state index contributed by atoms with van der Waals surface area (Å²) in [5.41, 5.74) is 2.25. The van der Waals surface area contributed by atoms with Crippen molar-refractivity contribution < 1.29 is 9.90 Å². The first-order chi connectivity index (χ1) is 12.4. The van der Waals surface area contributed by atoms with Gasteiger partial charge in [0.05, 0.1) is 11.4 Å². The fourth-order valence-corrected chi connectivity index (χ4v) is 2.85. The molecule has 0 bridgehead atoms. The number of aromatic nitrogens is 1. The third kappa shape index (κ3) is 5.56. The molecule has 1 amide bonds. The number of fused-ring (bicyclic) bond motifs is 1. The number of rotatable bonds is 8. The van der Waals surface area contributed by atoms with Crippen LogP contribution in [-0.2, 0) is 11.3 Å². The fraction of sp³-hybridized carbons (Fsp3) is 0.429. The van der Waals surface area contributed by atoms with E-state index < -0.39 is 0 Å². The highest BCUT2D eigenvalue weighted by Crippen LogP contribution is 2.09. The zero-order valence-electron chi connectivity index (χ0n) is 15.9. The van der Waals surface area contributed by atoms with E-state index in [1.165, 1.54) is 11.6 Å². The number of carbonyl (C=O) groups excluding carboxylic acids is 1. The second-order valence-corrected chi connectivity index (χ2v) is 6.81. The number of hydrogen-bond acceptors (Lipinski definition) is 4. The molecule has 1 unspecified atom stereocenters. The lowest BCUT2D eigenvalue weighted by Crippen LogP contribution is -2.44. The maximum atomic E-state index is 12.1. The Morgan fingerprint density at radius 2 is 2.31 bits per heavy atom. The molecule has 0 spiro atoms. The lowest BCUT2D eigenvalue weighted by molar-refractivity contribution is -0.120. The van der Waals surface area contributed by atoms with Gasteiger partial charge in [-0.2, -0.15) is 0 Å². The Kier molecular flexibility index (Phi) is 7.16. The van der Waals surface area contributed by atoms with Crippen molar-refractivity contribution in [3.63, 3.8) is 0 Å². The average Bonchev–Trinajstić information content (AvgIpc) is 2.61. The largest absolute Gasteiger partial charge is 0.509 e. The number of aliphatic hydroxyl groups is 1. The Labute approximate surface area is 155 Å². The van der Waals surface area contributed by atoms with Crippen LogP contribution in [0, 0.1) is 0 Å². The molecular weight excluding hydrogens is 326 g/mol. The van der Waals surface area contributed by atoms with Gasteiger partial charge in [0.2, 0.25) is 5.91 Å². The quantitative estimate of drug-likeness (QED) is 0.491. The molecule has 0 aromatic carbocycles. The molecule has 2 atom stereocenters. The second kappa shape index (κ2) is 9.34. The topological polar surface area (TPSA) is 74.2 Å². The van der Waals surface area contributed by atoms with Gasteiger partial charge in [0.15, 0.2) is 0 Å². The lowest BCUT2D eigenvalue weighted by atomic mass is 9.98. The van der Waals surface area contributed by atoms with Gasteiger partial charge >= 0.3 is 0 Å². The molecule has 1 aliphatic carbocycles. The normalized spacial score (nSPS) is 17.5. The molecule has 0 saturated heterocycles. The Morgan fingerprint density at radius 1 is 1.54 bits per heavy atom. The van der Waals surface area contributed by atoms with Crippen molar-refractivity contribution in [2.75, 3.05) is 0 Å². The molecule has 1 aromatic rings. The third-order valence-electron chi connectivity index (χ3n) is 4.66. The van der Waals surface area contributed by atoms with Crippen LogP contribution in [0.2, 0.25) is 0 Å². The van der Waals surface area contributed by atoms with Crippen molar-refractivity contribution in [3.05, 3.63) is 52.9 Å². The van der Waals surface area contributed by atoms with E-state index in [9.17, 15) is 4.79 Å². The summed E-state index contributed by atoms with van der Waals surface area (Å²) in [5.74, 6) is -0.138. The van der Waals surface area contributed by atoms with Gasteiger partial charge in [0.1, 0.15) is 5.76 Å². The second-order valence-electron chi connectivity index (χ2n) is 6.81. The van der Waals surface area contributed by atoms with E-state index in [2.05, 4.69) is 48.2 Å². The van der Waals surface area contributed by atoms with Crippen molar-refractivity contribution in [3.8, 4) is 0 Å². The highest BCUT2D eigenvalue weighted by Gasteiger charge is 2.17. The van der Waals surface area contributed by atoms with Crippen LogP contribution >= 0.6 is 0 Å². The molecule has 26 heavy (non-hydrogen) atoms. The standard InChI is InChI=1S/C21H29N3O2/c1-5-14(2)22-12-17-11-18-9-10-19(16(4)21(18)23-13-17)24-20(26)8-6-7-15(3)25/h6-7,9,11,13-14,19,22,25H,3,5,8,10,12H2,1-2,4H3,(H,24,26)/b7-6-/t14-,19?/m0/s1. The Hall–Kier alpha value is -2.40. The number of allylic oxidation sites excluding steroid dienone is 1. The van der Waals surface area contributed by atoms with Crippen LogP contribution in [-0.4, -0.2) is 28.1 Å². The van der Waals surface area contributed by atoms with Crippen molar-refractivity contribution in [1.29, 1.82) is 0 Å². The van der Waals surface area contributed by atoms with Crippen LogP contribution in [0.5, 0.6) is 0 Å². The minimum absolute atomic E-state index is 0.0442. The van der Waals surface area contributed by atoms with E-state index in [-0.39, 0.29) is 24.1 Å². The summed E-state index contributed by atoms with van der Waals surface area (Å²) in [6.07, 6.45) is 9.14. The zero-order chi connectivity index (χ0) is 19.1. The molecule has 140 valence electrons. The predicted octanol–water partition coefficient (Wildman–Crippen LogP) is 1.83. The summed E-state index contributed by atoms with van der Waals surface area (Å²) in [6, 6.07) is 2.62. The summed E-state index contributed by atoms with van der Waals surface area (Å²) in [5, 5.41) is 17.6. The van der Waals surface area contributed by atoms with Gasteiger partial charge in [-0.1, -0.05) is 25.7 Å². The van der Waals surface area contributed by atoms with E-state index in [1.807, 2.05) is 13.1 Å². The van der Waals surface area contributed by atoms with Crippen molar-refractivity contribution in [2.45, 2.75) is 58.7 Å². The molecular formula is C21H29N3O2. The van der Waals surface area contributed by atoms with E-state index in [0.717, 1.165) is 35.5 Å². The van der Waals surface area contributed by atoms with Crippen LogP contribution in [0.15, 0.2) is 36.8 Å². The minimum Gasteiger partial charge on any atom is -0.509 e. The van der Waals surface area contributed by atoms with Crippen molar-refractivity contribution in [2.24, 2.45) is 0 Å². The highest BCUT2D eigenvalue weighted by atomic mass is 16.3. The van der Waals surface area contributed by atoms with E-state index in [0.29, 0.717) is 6.04 Å². The summed E-state index contributed by atoms with van der Waals surface area (Å²) in [7, 11) is 0. The molecule has 0 aliphatic heterocycles. The molecule has 3 N–H and O–H groups in total. The van der Waals surface area contributed by atoms with E-state index >= 15 is 0 Å². The van der Waals surface area contributed by atoms with Crippen LogP contribution in [0.1, 0.15) is 45.6 Å². The van der Waals surface area contributed by atoms with E-state index in [4.69, 9.17) is 5.11 Å². The maximum absolute atomic E-state index is 12.1. The minimum atomic E-state index is -0.0851. The SMILES string of the molecule is C=C(O)/C=C\CC(=O)NC1CC=c2cc(CN[C@@H](C)CC)cnc2=C1C. The molecule has 2 rings (SSSR count). The first-order valence-electron chi connectivity index (χ1n) is 9.13. The first kappa shape index (κ1) is 19.9. The van der Waals surface area contributed by atoms with Crippen LogP contribution in [0.25, 0.3) is 11.6 Å². The van der Waals surface area contributed by atoms with Gasteiger partial charge in [-0.05, 0) is 55.2 Å². The Bertz CT molecular complexity index is 811. The smallest absolute Gasteiger partial charge is 0.224 e. The van der Waals surface area contributed by atoms with Gasteiger partial charge in [-0.15, -0.1) is 0 Å².